The van der Waals surface area contributed by atoms with Crippen molar-refractivity contribution >= 4 is 5.78 Å². The highest BCUT2D eigenvalue weighted by Gasteiger charge is 2.12. The zero-order valence-electron chi connectivity index (χ0n) is 15.1. The fourth-order valence-corrected chi connectivity index (χ4v) is 2.58. The van der Waals surface area contributed by atoms with Crippen molar-refractivity contribution in [1.29, 1.82) is 0 Å². The zero-order chi connectivity index (χ0) is 18.1. The van der Waals surface area contributed by atoms with Gasteiger partial charge in [-0.2, -0.15) is 0 Å². The second-order valence-electron chi connectivity index (χ2n) is 6.32. The quantitative estimate of drug-likeness (QED) is 0.396. The van der Waals surface area contributed by atoms with E-state index in [4.69, 9.17) is 4.74 Å². The topological polar surface area (TPSA) is 38.3 Å². The van der Waals surface area contributed by atoms with E-state index >= 15 is 0 Å². The molecular formula is C22H27NO2. The maximum Gasteiger partial charge on any atom is 0.193 e. The largest absolute Gasteiger partial charge is 0.493 e. The molecule has 25 heavy (non-hydrogen) atoms. The lowest BCUT2D eigenvalue weighted by Gasteiger charge is -2.13. The average Bonchev–Trinajstić information content (AvgIpc) is 2.62. The SMILES string of the molecule is C=CCc1cc(C(=O)c2ccccc2)ccc1OCCCNC(C)C. The number of ketones is 1. The first-order chi connectivity index (χ1) is 12.1. The van der Waals surface area contributed by atoms with Crippen LogP contribution in [0.5, 0.6) is 5.75 Å². The Bertz CT molecular complexity index is 692. The van der Waals surface area contributed by atoms with Crippen molar-refractivity contribution in [3.63, 3.8) is 0 Å². The smallest absolute Gasteiger partial charge is 0.193 e. The van der Waals surface area contributed by atoms with Crippen molar-refractivity contribution in [1.82, 2.24) is 5.32 Å². The van der Waals surface area contributed by atoms with Gasteiger partial charge in [0, 0.05) is 17.2 Å². The van der Waals surface area contributed by atoms with Crippen LogP contribution in [0.4, 0.5) is 0 Å². The van der Waals surface area contributed by atoms with Gasteiger partial charge in [0.05, 0.1) is 6.61 Å². The van der Waals surface area contributed by atoms with E-state index in [0.29, 0.717) is 30.2 Å². The molecule has 0 atom stereocenters. The van der Waals surface area contributed by atoms with Gasteiger partial charge in [0.2, 0.25) is 0 Å². The van der Waals surface area contributed by atoms with Crippen LogP contribution in [-0.4, -0.2) is 25.0 Å². The van der Waals surface area contributed by atoms with Gasteiger partial charge in [0.25, 0.3) is 0 Å². The van der Waals surface area contributed by atoms with Crippen molar-refractivity contribution in [3.05, 3.63) is 77.9 Å². The van der Waals surface area contributed by atoms with E-state index in [0.717, 1.165) is 24.3 Å². The highest BCUT2D eigenvalue weighted by atomic mass is 16.5. The fraction of sp³-hybridized carbons (Fsp3) is 0.318. The monoisotopic (exact) mass is 337 g/mol. The number of allylic oxidation sites excluding steroid dienone is 1. The molecule has 0 aliphatic heterocycles. The first-order valence-electron chi connectivity index (χ1n) is 8.81. The fourth-order valence-electron chi connectivity index (χ4n) is 2.58. The molecule has 0 aliphatic rings. The molecule has 0 aliphatic carbocycles. The van der Waals surface area contributed by atoms with Crippen molar-refractivity contribution < 1.29 is 9.53 Å². The van der Waals surface area contributed by atoms with E-state index in [1.165, 1.54) is 0 Å². The maximum atomic E-state index is 12.6. The molecule has 0 radical (unpaired) electrons. The Balaban J connectivity index is 2.06. The van der Waals surface area contributed by atoms with Crippen LogP contribution in [0.15, 0.2) is 61.2 Å². The molecule has 0 saturated carbocycles. The van der Waals surface area contributed by atoms with Gasteiger partial charge >= 0.3 is 0 Å². The molecule has 2 aromatic rings. The Labute approximate surface area is 150 Å². The summed E-state index contributed by atoms with van der Waals surface area (Å²) in [5, 5.41) is 3.37. The number of hydrogen-bond donors (Lipinski definition) is 1. The van der Waals surface area contributed by atoms with Crippen molar-refractivity contribution in [2.75, 3.05) is 13.2 Å². The van der Waals surface area contributed by atoms with Gasteiger partial charge in [-0.05, 0) is 43.1 Å². The maximum absolute atomic E-state index is 12.6. The molecule has 0 fully saturated rings. The summed E-state index contributed by atoms with van der Waals surface area (Å²) in [6.45, 7) is 9.65. The third kappa shape index (κ3) is 5.87. The van der Waals surface area contributed by atoms with Crippen LogP contribution >= 0.6 is 0 Å². The van der Waals surface area contributed by atoms with E-state index < -0.39 is 0 Å². The van der Waals surface area contributed by atoms with E-state index in [1.807, 2.05) is 54.6 Å². The second-order valence-corrected chi connectivity index (χ2v) is 6.32. The lowest BCUT2D eigenvalue weighted by Crippen LogP contribution is -2.24. The Kier molecular flexibility index (Phi) is 7.42. The lowest BCUT2D eigenvalue weighted by atomic mass is 9.99. The molecule has 3 heteroatoms. The van der Waals surface area contributed by atoms with Crippen LogP contribution in [0.1, 0.15) is 41.8 Å². The molecule has 0 amide bonds. The van der Waals surface area contributed by atoms with Gasteiger partial charge in [-0.1, -0.05) is 50.3 Å². The third-order valence-electron chi connectivity index (χ3n) is 3.85. The molecular weight excluding hydrogens is 310 g/mol. The van der Waals surface area contributed by atoms with Gasteiger partial charge in [-0.25, -0.2) is 0 Å². The number of hydrogen-bond acceptors (Lipinski definition) is 3. The van der Waals surface area contributed by atoms with Crippen LogP contribution in [0.3, 0.4) is 0 Å². The summed E-state index contributed by atoms with van der Waals surface area (Å²) in [6.07, 6.45) is 3.45. The first-order valence-corrected chi connectivity index (χ1v) is 8.81. The molecule has 0 spiro atoms. The Morgan fingerprint density at radius 1 is 1.16 bits per heavy atom. The van der Waals surface area contributed by atoms with Gasteiger partial charge in [0.15, 0.2) is 5.78 Å². The average molecular weight is 337 g/mol. The predicted molar refractivity (Wildman–Crippen MR) is 103 cm³/mol. The molecule has 2 rings (SSSR count). The summed E-state index contributed by atoms with van der Waals surface area (Å²) in [4.78, 5) is 12.6. The van der Waals surface area contributed by atoms with Crippen LogP contribution < -0.4 is 10.1 Å². The van der Waals surface area contributed by atoms with E-state index in [9.17, 15) is 4.79 Å². The minimum absolute atomic E-state index is 0.0265. The van der Waals surface area contributed by atoms with Crippen LogP contribution in [-0.2, 0) is 6.42 Å². The Hall–Kier alpha value is -2.39. The highest BCUT2D eigenvalue weighted by molar-refractivity contribution is 6.09. The summed E-state index contributed by atoms with van der Waals surface area (Å²) in [6, 6.07) is 15.5. The van der Waals surface area contributed by atoms with Crippen LogP contribution in [0, 0.1) is 0 Å². The summed E-state index contributed by atoms with van der Waals surface area (Å²) in [5.74, 6) is 0.854. The zero-order valence-corrected chi connectivity index (χ0v) is 15.1. The van der Waals surface area contributed by atoms with Gasteiger partial charge < -0.3 is 10.1 Å². The highest BCUT2D eigenvalue weighted by Crippen LogP contribution is 2.23. The molecule has 1 N–H and O–H groups in total. The molecule has 0 aromatic heterocycles. The predicted octanol–water partition coefficient (Wildman–Crippen LogP) is 4.41. The number of rotatable bonds is 10. The number of nitrogens with one attached hydrogen (secondary N) is 1. The molecule has 0 unspecified atom stereocenters. The molecule has 0 saturated heterocycles. The lowest BCUT2D eigenvalue weighted by molar-refractivity contribution is 0.103. The third-order valence-corrected chi connectivity index (χ3v) is 3.85. The minimum atomic E-state index is 0.0265. The van der Waals surface area contributed by atoms with Gasteiger partial charge in [0.1, 0.15) is 5.75 Å². The summed E-state index contributed by atoms with van der Waals surface area (Å²) in [5.41, 5.74) is 2.37. The molecule has 132 valence electrons. The number of benzene rings is 2. The second kappa shape index (κ2) is 9.80. The standard InChI is InChI=1S/C22H27NO2/c1-4-9-19-16-20(22(24)18-10-6-5-7-11-18)12-13-21(19)25-15-8-14-23-17(2)3/h4-7,10-13,16-17,23H,1,8-9,14-15H2,2-3H3. The molecule has 0 heterocycles. The van der Waals surface area contributed by atoms with Crippen molar-refractivity contribution in [2.45, 2.75) is 32.7 Å². The molecule has 0 bridgehead atoms. The number of carbonyl (C=O) groups excluding carboxylic acids is 1. The Morgan fingerprint density at radius 3 is 2.60 bits per heavy atom. The van der Waals surface area contributed by atoms with Crippen molar-refractivity contribution in [3.8, 4) is 5.75 Å². The van der Waals surface area contributed by atoms with Crippen molar-refractivity contribution in [2.24, 2.45) is 0 Å². The van der Waals surface area contributed by atoms with E-state index in [2.05, 4.69) is 25.7 Å². The molecule has 3 nitrogen and oxygen atoms in total. The minimum Gasteiger partial charge on any atom is -0.493 e. The number of ether oxygens (including phenoxy) is 1. The van der Waals surface area contributed by atoms with Crippen LogP contribution in [0.25, 0.3) is 0 Å². The van der Waals surface area contributed by atoms with E-state index in [-0.39, 0.29) is 5.78 Å². The molecule has 2 aromatic carbocycles. The summed E-state index contributed by atoms with van der Waals surface area (Å²) in [7, 11) is 0. The van der Waals surface area contributed by atoms with Gasteiger partial charge in [-0.3, -0.25) is 4.79 Å². The first kappa shape index (κ1) is 18.9. The summed E-state index contributed by atoms with van der Waals surface area (Å²) >= 11 is 0. The van der Waals surface area contributed by atoms with Gasteiger partial charge in [-0.15, -0.1) is 6.58 Å². The van der Waals surface area contributed by atoms with Crippen LogP contribution in [0.2, 0.25) is 0 Å². The summed E-state index contributed by atoms with van der Waals surface area (Å²) < 4.78 is 5.91. The van der Waals surface area contributed by atoms with E-state index in [1.54, 1.807) is 0 Å². The number of carbonyl (C=O) groups is 1. The normalized spacial score (nSPS) is 10.7. The Morgan fingerprint density at radius 2 is 1.92 bits per heavy atom.